The van der Waals surface area contributed by atoms with E-state index >= 15 is 0 Å². The first-order valence-corrected chi connectivity index (χ1v) is 10.8. The van der Waals surface area contributed by atoms with Gasteiger partial charge in [0, 0.05) is 25.6 Å². The summed E-state index contributed by atoms with van der Waals surface area (Å²) in [5.41, 5.74) is 1.24. The number of hydrogen-bond donors (Lipinski definition) is 3. The molecule has 0 aliphatic carbocycles. The Balaban J connectivity index is 1.74. The average molecular weight is 496 g/mol. The molecular weight excluding hydrogens is 473 g/mol. The van der Waals surface area contributed by atoms with Crippen molar-refractivity contribution in [2.24, 2.45) is 0 Å². The fraction of sp³-hybridized carbons (Fsp3) is 0.318. The summed E-state index contributed by atoms with van der Waals surface area (Å²) in [4.78, 5) is 37.3. The summed E-state index contributed by atoms with van der Waals surface area (Å²) in [7, 11) is 1.26. The van der Waals surface area contributed by atoms with Crippen molar-refractivity contribution in [1.82, 2.24) is 10.2 Å². The molecule has 1 aliphatic rings. The van der Waals surface area contributed by atoms with Crippen molar-refractivity contribution >= 4 is 47.0 Å². The Hall–Kier alpha value is -3.01. The van der Waals surface area contributed by atoms with Crippen molar-refractivity contribution in [3.8, 4) is 0 Å². The Morgan fingerprint density at radius 3 is 2.64 bits per heavy atom. The van der Waals surface area contributed by atoms with E-state index in [1.807, 2.05) is 0 Å². The van der Waals surface area contributed by atoms with Gasteiger partial charge in [-0.3, -0.25) is 0 Å². The number of urea groups is 1. The van der Waals surface area contributed by atoms with Crippen molar-refractivity contribution in [2.75, 3.05) is 38.7 Å². The van der Waals surface area contributed by atoms with Gasteiger partial charge in [-0.1, -0.05) is 41.4 Å². The van der Waals surface area contributed by atoms with Gasteiger partial charge in [0.15, 0.2) is 0 Å². The number of carboxylic acid groups (broad SMARTS) is 1. The zero-order chi connectivity index (χ0) is 24.0. The summed E-state index contributed by atoms with van der Waals surface area (Å²) >= 11 is 12.2. The van der Waals surface area contributed by atoms with Crippen LogP contribution in [-0.4, -0.2) is 67.6 Å². The van der Waals surface area contributed by atoms with Crippen molar-refractivity contribution in [2.45, 2.75) is 12.0 Å². The maximum absolute atomic E-state index is 12.5. The van der Waals surface area contributed by atoms with Crippen LogP contribution >= 0.6 is 23.2 Å². The van der Waals surface area contributed by atoms with E-state index in [-0.39, 0.29) is 31.8 Å². The molecule has 3 rings (SSSR count). The highest BCUT2D eigenvalue weighted by molar-refractivity contribution is 6.42. The van der Waals surface area contributed by atoms with Crippen LogP contribution in [0.2, 0.25) is 10.0 Å². The minimum absolute atomic E-state index is 0.0879. The molecule has 11 heteroatoms. The molecular formula is C22H23Cl2N3O6. The lowest BCUT2D eigenvalue weighted by Gasteiger charge is -2.27. The molecule has 3 amide bonds. The topological polar surface area (TPSA) is 117 Å². The maximum Gasteiger partial charge on any atom is 0.407 e. The highest BCUT2D eigenvalue weighted by Crippen LogP contribution is 2.31. The summed E-state index contributed by atoms with van der Waals surface area (Å²) < 4.78 is 10.6. The number of benzene rings is 2. The third kappa shape index (κ3) is 6.28. The molecule has 3 N–H and O–H groups in total. The number of rotatable bonds is 5. The van der Waals surface area contributed by atoms with E-state index in [2.05, 4.69) is 10.6 Å². The number of nitrogens with one attached hydrogen (secondary N) is 2. The van der Waals surface area contributed by atoms with Crippen LogP contribution in [0.4, 0.5) is 15.3 Å². The van der Waals surface area contributed by atoms with Gasteiger partial charge in [-0.15, -0.1) is 0 Å². The van der Waals surface area contributed by atoms with E-state index in [9.17, 15) is 19.5 Å². The SMILES string of the molecule is COC(=O)c1ccccc1NC(=O)NC[C@H]1OCCN(C(=O)O)C[C@@H]1c1ccc(Cl)c(Cl)c1. The van der Waals surface area contributed by atoms with Gasteiger partial charge in [0.2, 0.25) is 0 Å². The number of esters is 1. The zero-order valence-corrected chi connectivity index (χ0v) is 19.2. The Morgan fingerprint density at radius 1 is 1.18 bits per heavy atom. The Labute approximate surface area is 200 Å². The molecule has 2 aromatic rings. The first kappa shape index (κ1) is 24.6. The molecule has 0 spiro atoms. The predicted octanol–water partition coefficient (Wildman–Crippen LogP) is 4.06. The second-order valence-electron chi connectivity index (χ2n) is 7.29. The molecule has 1 aliphatic heterocycles. The summed E-state index contributed by atoms with van der Waals surface area (Å²) in [6.45, 7) is 0.614. The van der Waals surface area contributed by atoms with Gasteiger partial charge in [-0.05, 0) is 29.8 Å². The van der Waals surface area contributed by atoms with Crippen LogP contribution in [0.25, 0.3) is 0 Å². The molecule has 2 aromatic carbocycles. The van der Waals surface area contributed by atoms with Crippen molar-refractivity contribution in [1.29, 1.82) is 0 Å². The minimum Gasteiger partial charge on any atom is -0.465 e. The fourth-order valence-electron chi connectivity index (χ4n) is 3.55. The van der Waals surface area contributed by atoms with Crippen LogP contribution in [0, 0.1) is 0 Å². The molecule has 0 bridgehead atoms. The second-order valence-corrected chi connectivity index (χ2v) is 8.10. The predicted molar refractivity (Wildman–Crippen MR) is 123 cm³/mol. The maximum atomic E-state index is 12.5. The molecule has 1 heterocycles. The van der Waals surface area contributed by atoms with Crippen LogP contribution in [0.5, 0.6) is 0 Å². The van der Waals surface area contributed by atoms with Crippen LogP contribution in [0.1, 0.15) is 21.8 Å². The molecule has 1 fully saturated rings. The summed E-state index contributed by atoms with van der Waals surface area (Å²) in [6.07, 6.45) is -1.59. The largest absolute Gasteiger partial charge is 0.465 e. The number of para-hydroxylation sites is 1. The number of hydrogen-bond acceptors (Lipinski definition) is 5. The third-order valence-electron chi connectivity index (χ3n) is 5.25. The molecule has 176 valence electrons. The van der Waals surface area contributed by atoms with Gasteiger partial charge in [0.1, 0.15) is 0 Å². The zero-order valence-electron chi connectivity index (χ0n) is 17.7. The number of halogens is 2. The van der Waals surface area contributed by atoms with E-state index in [0.717, 1.165) is 5.56 Å². The standard InChI is InChI=1S/C22H23Cl2N3O6/c1-32-20(28)14-4-2-3-5-18(14)26-21(29)25-11-19-15(12-27(22(30)31)8-9-33-19)13-6-7-16(23)17(24)10-13/h2-7,10,15,19H,8-9,11-12H2,1H3,(H,30,31)(H2,25,26,29)/t15-,19-/m1/s1. The normalized spacial score (nSPS) is 18.2. The van der Waals surface area contributed by atoms with E-state index in [0.29, 0.717) is 15.7 Å². The van der Waals surface area contributed by atoms with Crippen molar-refractivity contribution in [3.63, 3.8) is 0 Å². The van der Waals surface area contributed by atoms with Crippen molar-refractivity contribution < 1.29 is 29.0 Å². The van der Waals surface area contributed by atoms with E-state index in [1.54, 1.807) is 36.4 Å². The van der Waals surface area contributed by atoms with Gasteiger partial charge in [0.05, 0.1) is 41.1 Å². The number of carbonyl (C=O) groups is 3. The van der Waals surface area contributed by atoms with Gasteiger partial charge in [0.25, 0.3) is 0 Å². The van der Waals surface area contributed by atoms with E-state index in [4.69, 9.17) is 32.7 Å². The Morgan fingerprint density at radius 2 is 1.94 bits per heavy atom. The van der Waals surface area contributed by atoms with Gasteiger partial charge >= 0.3 is 18.1 Å². The lowest BCUT2D eigenvalue weighted by Crippen LogP contribution is -2.41. The van der Waals surface area contributed by atoms with Gasteiger partial charge < -0.3 is 30.1 Å². The molecule has 9 nitrogen and oxygen atoms in total. The first-order valence-electron chi connectivity index (χ1n) is 10.1. The number of amides is 3. The smallest absolute Gasteiger partial charge is 0.407 e. The Kier molecular flexibility index (Phi) is 8.37. The number of ether oxygens (including phenoxy) is 2. The lowest BCUT2D eigenvalue weighted by atomic mass is 9.92. The summed E-state index contributed by atoms with van der Waals surface area (Å²) in [5.74, 6) is -0.979. The van der Waals surface area contributed by atoms with Gasteiger partial charge in [-0.2, -0.15) is 0 Å². The fourth-order valence-corrected chi connectivity index (χ4v) is 3.86. The molecule has 2 atom stereocenters. The first-order chi connectivity index (χ1) is 15.8. The number of nitrogens with zero attached hydrogens (tertiary/aromatic N) is 1. The molecule has 0 unspecified atom stereocenters. The summed E-state index contributed by atoms with van der Waals surface area (Å²) in [6, 6.07) is 11.0. The summed E-state index contributed by atoms with van der Waals surface area (Å²) in [5, 5.41) is 15.6. The molecule has 0 radical (unpaired) electrons. The number of methoxy groups -OCH3 is 1. The van der Waals surface area contributed by atoms with Crippen molar-refractivity contribution in [3.05, 3.63) is 63.6 Å². The van der Waals surface area contributed by atoms with E-state index < -0.39 is 30.1 Å². The number of carbonyl (C=O) groups excluding carboxylic acids is 2. The van der Waals surface area contributed by atoms with Crippen LogP contribution in [-0.2, 0) is 9.47 Å². The highest BCUT2D eigenvalue weighted by Gasteiger charge is 2.32. The van der Waals surface area contributed by atoms with E-state index in [1.165, 1.54) is 18.1 Å². The highest BCUT2D eigenvalue weighted by atomic mass is 35.5. The molecule has 33 heavy (non-hydrogen) atoms. The monoisotopic (exact) mass is 495 g/mol. The average Bonchev–Trinajstić information content (AvgIpc) is 3.02. The second kappa shape index (κ2) is 11.2. The Bertz CT molecular complexity index is 1030. The number of anilines is 1. The molecule has 0 saturated carbocycles. The minimum atomic E-state index is -1.06. The molecule has 0 aromatic heterocycles. The molecule has 1 saturated heterocycles. The van der Waals surface area contributed by atoms with Crippen LogP contribution in [0.3, 0.4) is 0 Å². The van der Waals surface area contributed by atoms with Gasteiger partial charge in [-0.25, -0.2) is 14.4 Å². The van der Waals surface area contributed by atoms with Crippen LogP contribution in [0.15, 0.2) is 42.5 Å². The lowest BCUT2D eigenvalue weighted by molar-refractivity contribution is 0.0530. The third-order valence-corrected chi connectivity index (χ3v) is 5.98. The van der Waals surface area contributed by atoms with Crippen LogP contribution < -0.4 is 10.6 Å². The quantitative estimate of drug-likeness (QED) is 0.538.